The van der Waals surface area contributed by atoms with Gasteiger partial charge in [-0.2, -0.15) is 0 Å². The molecule has 316 valence electrons. The van der Waals surface area contributed by atoms with E-state index in [0.717, 1.165) is 44.4 Å². The fourth-order valence-corrected chi connectivity index (χ4v) is 14.2. The number of methoxy groups -OCH3 is 2. The van der Waals surface area contributed by atoms with Crippen LogP contribution in [0.4, 0.5) is 0 Å². The molecule has 1 saturated heterocycles. The summed E-state index contributed by atoms with van der Waals surface area (Å²) in [6, 6.07) is 0. The Kier molecular flexibility index (Phi) is 12.8. The van der Waals surface area contributed by atoms with Crippen LogP contribution >= 0.6 is 0 Å². The second kappa shape index (κ2) is 16.6. The SMILES string of the molecule is CCC1(C)C2CCC(C2)C1C1C(=O)OC(=O)C1C.COCOC(=O)C1C2CC(C(C)C2CCC2C(C)C3CC(C(O)CC(=O)OC(C)(C)C)C2C3)C1C(=O)OC. The molecule has 0 spiro atoms. The number of carbonyl (C=O) groups is 5. The number of aliphatic hydroxyl groups excluding tert-OH is 1. The summed E-state index contributed by atoms with van der Waals surface area (Å²) in [6.07, 6.45) is 9.25. The zero-order valence-corrected chi connectivity index (χ0v) is 35.6. The van der Waals surface area contributed by atoms with Gasteiger partial charge in [0.1, 0.15) is 5.60 Å². The Labute approximate surface area is 334 Å². The van der Waals surface area contributed by atoms with E-state index in [2.05, 4.69) is 27.7 Å². The molecule has 0 aromatic heterocycles. The van der Waals surface area contributed by atoms with Crippen molar-refractivity contribution in [1.29, 1.82) is 0 Å². The van der Waals surface area contributed by atoms with Crippen LogP contribution in [-0.4, -0.2) is 67.7 Å². The first-order valence-corrected chi connectivity index (χ1v) is 21.7. The van der Waals surface area contributed by atoms with Gasteiger partial charge in [-0.15, -0.1) is 0 Å². The molecule has 6 aliphatic carbocycles. The molecule has 11 nitrogen and oxygen atoms in total. The fourth-order valence-electron chi connectivity index (χ4n) is 14.2. The number of aliphatic hydroxyl groups is 1. The average molecular weight is 787 g/mol. The summed E-state index contributed by atoms with van der Waals surface area (Å²) in [5, 5.41) is 11.0. The van der Waals surface area contributed by atoms with Gasteiger partial charge in [-0.05, 0) is 149 Å². The van der Waals surface area contributed by atoms with Gasteiger partial charge in [0, 0.05) is 7.11 Å². The zero-order valence-electron chi connectivity index (χ0n) is 35.6. The molecule has 0 aromatic rings. The van der Waals surface area contributed by atoms with Crippen LogP contribution in [0.5, 0.6) is 0 Å². The van der Waals surface area contributed by atoms with Crippen LogP contribution in [0.25, 0.3) is 0 Å². The van der Waals surface area contributed by atoms with Crippen molar-refractivity contribution in [2.45, 2.75) is 131 Å². The summed E-state index contributed by atoms with van der Waals surface area (Å²) in [5.74, 6) is 1.91. The number of ether oxygens (including phenoxy) is 5. The molecule has 6 bridgehead atoms. The van der Waals surface area contributed by atoms with Crippen LogP contribution in [0.15, 0.2) is 0 Å². The van der Waals surface area contributed by atoms with Gasteiger partial charge in [0.25, 0.3) is 0 Å². The van der Waals surface area contributed by atoms with E-state index in [1.807, 2.05) is 27.7 Å². The summed E-state index contributed by atoms with van der Waals surface area (Å²) >= 11 is 0. The predicted molar refractivity (Wildman–Crippen MR) is 206 cm³/mol. The molecule has 7 aliphatic rings. The van der Waals surface area contributed by atoms with Gasteiger partial charge < -0.3 is 28.8 Å². The summed E-state index contributed by atoms with van der Waals surface area (Å²) in [4.78, 5) is 61.7. The lowest BCUT2D eigenvalue weighted by Crippen LogP contribution is -2.43. The highest BCUT2D eigenvalue weighted by molar-refractivity contribution is 5.96. The molecule has 1 aliphatic heterocycles. The number of rotatable bonds is 12. The van der Waals surface area contributed by atoms with Crippen molar-refractivity contribution < 1.29 is 52.8 Å². The molecule has 56 heavy (non-hydrogen) atoms. The Morgan fingerprint density at radius 3 is 2.09 bits per heavy atom. The van der Waals surface area contributed by atoms with E-state index in [4.69, 9.17) is 23.7 Å². The number of cyclic esters (lactones) is 2. The third-order valence-corrected chi connectivity index (χ3v) is 16.8. The predicted octanol–water partition coefficient (Wildman–Crippen LogP) is 7.01. The van der Waals surface area contributed by atoms with Crippen LogP contribution in [0.3, 0.4) is 0 Å². The van der Waals surface area contributed by atoms with Crippen molar-refractivity contribution in [3.05, 3.63) is 0 Å². The van der Waals surface area contributed by atoms with Gasteiger partial charge in [0.2, 0.25) is 0 Å². The molecule has 0 aromatic carbocycles. The molecule has 7 fully saturated rings. The lowest BCUT2D eigenvalue weighted by molar-refractivity contribution is -0.171. The van der Waals surface area contributed by atoms with E-state index in [1.165, 1.54) is 33.5 Å². The number of carbonyl (C=O) groups excluding carboxylic acids is 5. The molecule has 0 amide bonds. The number of fused-ring (bicyclic) bond motifs is 6. The molecule has 0 radical (unpaired) electrons. The van der Waals surface area contributed by atoms with E-state index >= 15 is 0 Å². The van der Waals surface area contributed by atoms with Gasteiger partial charge in [-0.1, -0.05) is 41.0 Å². The Morgan fingerprint density at radius 2 is 1.52 bits per heavy atom. The number of hydrogen-bond donors (Lipinski definition) is 1. The lowest BCUT2D eigenvalue weighted by atomic mass is 9.60. The zero-order chi connectivity index (χ0) is 41.0. The van der Waals surface area contributed by atoms with Gasteiger partial charge in [0.15, 0.2) is 6.79 Å². The minimum atomic E-state index is -0.669. The maximum atomic E-state index is 13.0. The molecular weight excluding hydrogens is 716 g/mol. The quantitative estimate of drug-likeness (QED) is 0.0942. The van der Waals surface area contributed by atoms with Crippen LogP contribution < -0.4 is 0 Å². The van der Waals surface area contributed by atoms with E-state index in [0.29, 0.717) is 47.3 Å². The Morgan fingerprint density at radius 1 is 0.857 bits per heavy atom. The van der Waals surface area contributed by atoms with E-state index in [-0.39, 0.29) is 78.1 Å². The van der Waals surface area contributed by atoms with Crippen molar-refractivity contribution >= 4 is 29.8 Å². The highest BCUT2D eigenvalue weighted by Crippen LogP contribution is 2.65. The number of hydrogen-bond acceptors (Lipinski definition) is 11. The maximum Gasteiger partial charge on any atom is 0.317 e. The third kappa shape index (κ3) is 7.82. The second-order valence-electron chi connectivity index (χ2n) is 20.3. The average Bonchev–Trinajstić information content (AvgIpc) is 4.01. The number of esters is 5. The fraction of sp³-hybridized carbons (Fsp3) is 0.889. The standard InChI is InChI=1S/C30H48O8.C15H22O3/c1-15-17-10-21(22(11-17)24(31)13-25(32)38-30(3,4)5)18(15)8-9-19-16(2)20-12-23(19)27(26(20)28(33)36-7)29(34)37-14-35-6;1-4-15(3)10-6-5-9(7-10)12(15)11-8(2)13(16)18-14(11)17/h15-24,26-27,31H,8-14H2,1-7H3;8-12H,4-7H2,1-3H3. The maximum absolute atomic E-state index is 13.0. The first kappa shape index (κ1) is 43.1. The molecule has 1 N–H and O–H groups in total. The van der Waals surface area contributed by atoms with Gasteiger partial charge in [-0.3, -0.25) is 24.0 Å². The molecule has 6 saturated carbocycles. The highest BCUT2D eigenvalue weighted by atomic mass is 16.7. The molecule has 18 unspecified atom stereocenters. The first-order chi connectivity index (χ1) is 26.4. The highest BCUT2D eigenvalue weighted by Gasteiger charge is 2.63. The van der Waals surface area contributed by atoms with E-state index < -0.39 is 23.5 Å². The first-order valence-electron chi connectivity index (χ1n) is 21.7. The minimum absolute atomic E-state index is 0.0514. The Hall–Kier alpha value is -2.53. The molecule has 18 atom stereocenters. The molecule has 7 rings (SSSR count). The smallest absolute Gasteiger partial charge is 0.317 e. The third-order valence-electron chi connectivity index (χ3n) is 16.8. The normalized spacial score (nSPS) is 43.7. The van der Waals surface area contributed by atoms with Crippen LogP contribution in [0.1, 0.15) is 120 Å². The summed E-state index contributed by atoms with van der Waals surface area (Å²) < 4.78 is 25.7. The second-order valence-corrected chi connectivity index (χ2v) is 20.3. The monoisotopic (exact) mass is 786 g/mol. The van der Waals surface area contributed by atoms with Crippen molar-refractivity contribution in [3.8, 4) is 0 Å². The van der Waals surface area contributed by atoms with Gasteiger partial charge in [-0.25, -0.2) is 0 Å². The Balaban J connectivity index is 0.000000244. The lowest BCUT2D eigenvalue weighted by Gasteiger charge is -2.43. The minimum Gasteiger partial charge on any atom is -0.469 e. The largest absolute Gasteiger partial charge is 0.469 e. The van der Waals surface area contributed by atoms with Crippen LogP contribution in [-0.2, 0) is 47.7 Å². The Bertz CT molecular complexity index is 1490. The van der Waals surface area contributed by atoms with E-state index in [1.54, 1.807) is 0 Å². The summed E-state index contributed by atoms with van der Waals surface area (Å²) in [5.41, 5.74) is -0.327. The molecule has 11 heteroatoms. The molecular formula is C45H70O11. The molecule has 1 heterocycles. The van der Waals surface area contributed by atoms with Crippen molar-refractivity contribution in [2.24, 2.45) is 100 Å². The van der Waals surface area contributed by atoms with Crippen LogP contribution in [0.2, 0.25) is 0 Å². The van der Waals surface area contributed by atoms with Gasteiger partial charge >= 0.3 is 29.8 Å². The van der Waals surface area contributed by atoms with E-state index in [9.17, 15) is 29.1 Å². The van der Waals surface area contributed by atoms with Gasteiger partial charge in [0.05, 0.1) is 43.3 Å². The topological polar surface area (TPSA) is 152 Å². The summed E-state index contributed by atoms with van der Waals surface area (Å²) in [7, 11) is 2.86. The van der Waals surface area contributed by atoms with Crippen molar-refractivity contribution in [3.63, 3.8) is 0 Å². The van der Waals surface area contributed by atoms with Crippen molar-refractivity contribution in [1.82, 2.24) is 0 Å². The van der Waals surface area contributed by atoms with Crippen molar-refractivity contribution in [2.75, 3.05) is 21.0 Å². The van der Waals surface area contributed by atoms with Crippen LogP contribution in [0, 0.1) is 100 Å². The summed E-state index contributed by atoms with van der Waals surface area (Å²) in [6.45, 7) is 16.4.